The van der Waals surface area contributed by atoms with Crippen LogP contribution in [0.25, 0.3) is 0 Å². The van der Waals surface area contributed by atoms with Crippen molar-refractivity contribution in [3.05, 3.63) is 29.0 Å². The molecule has 1 atom stereocenters. The van der Waals surface area contributed by atoms with E-state index < -0.39 is 26.8 Å². The van der Waals surface area contributed by atoms with Gasteiger partial charge in [-0.2, -0.15) is 4.31 Å². The van der Waals surface area contributed by atoms with Gasteiger partial charge >= 0.3 is 0 Å². The summed E-state index contributed by atoms with van der Waals surface area (Å²) in [6.07, 6.45) is 1.00. The van der Waals surface area contributed by atoms with Gasteiger partial charge in [0.2, 0.25) is 15.9 Å². The molecule has 5 nitrogen and oxygen atoms in total. The summed E-state index contributed by atoms with van der Waals surface area (Å²) < 4.78 is 40.1. The Hall–Kier alpha value is -1.18. The minimum atomic E-state index is -4.06. The Labute approximate surface area is 128 Å². The Morgan fingerprint density at radius 3 is 2.67 bits per heavy atom. The van der Waals surface area contributed by atoms with Gasteiger partial charge in [0, 0.05) is 25.7 Å². The maximum Gasteiger partial charge on any atom is 0.246 e. The van der Waals surface area contributed by atoms with E-state index >= 15 is 0 Å². The largest absolute Gasteiger partial charge is 0.347 e. The van der Waals surface area contributed by atoms with Crippen molar-refractivity contribution in [2.75, 3.05) is 20.6 Å². The number of sulfonamides is 1. The minimum absolute atomic E-state index is 0.119. The number of hydrogen-bond acceptors (Lipinski definition) is 3. The van der Waals surface area contributed by atoms with Gasteiger partial charge in [-0.3, -0.25) is 4.79 Å². The molecule has 1 aromatic carbocycles. The van der Waals surface area contributed by atoms with Crippen LogP contribution in [0.4, 0.5) is 4.39 Å². The predicted octanol–water partition coefficient (Wildman–Crippen LogP) is 1.72. The van der Waals surface area contributed by atoms with Crippen molar-refractivity contribution in [3.8, 4) is 0 Å². The topological polar surface area (TPSA) is 57.7 Å². The van der Waals surface area contributed by atoms with Crippen LogP contribution in [0.15, 0.2) is 23.1 Å². The molecule has 1 aliphatic heterocycles. The number of carbonyl (C=O) groups is 1. The summed E-state index contributed by atoms with van der Waals surface area (Å²) in [6.45, 7) is 0.203. The van der Waals surface area contributed by atoms with Gasteiger partial charge in [-0.05, 0) is 31.0 Å². The molecule has 1 aromatic rings. The molecule has 2 rings (SSSR count). The van der Waals surface area contributed by atoms with Crippen LogP contribution in [0.3, 0.4) is 0 Å². The number of carbonyl (C=O) groups excluding carboxylic acids is 1. The van der Waals surface area contributed by atoms with Crippen LogP contribution in [-0.4, -0.2) is 50.2 Å². The summed E-state index contributed by atoms with van der Waals surface area (Å²) in [5.74, 6) is -1.21. The van der Waals surface area contributed by atoms with E-state index in [1.807, 2.05) is 0 Å². The number of benzene rings is 1. The molecule has 0 saturated carbocycles. The standard InChI is InChI=1S/C13H16ClFN2O3S/c1-16(2)13(18)11-4-3-7-17(11)21(19,20)12-6-5-9(14)8-10(12)15/h5-6,8,11H,3-4,7H2,1-2H3/t11-/m1/s1. The highest BCUT2D eigenvalue weighted by atomic mass is 35.5. The first-order valence-electron chi connectivity index (χ1n) is 6.43. The zero-order chi connectivity index (χ0) is 15.8. The van der Waals surface area contributed by atoms with Gasteiger partial charge in [0.25, 0.3) is 0 Å². The molecule has 0 radical (unpaired) electrons. The van der Waals surface area contributed by atoms with Crippen molar-refractivity contribution in [2.45, 2.75) is 23.8 Å². The van der Waals surface area contributed by atoms with Gasteiger partial charge in [-0.1, -0.05) is 11.6 Å². The lowest BCUT2D eigenvalue weighted by Crippen LogP contribution is -2.45. The molecule has 0 spiro atoms. The first-order valence-corrected chi connectivity index (χ1v) is 8.25. The zero-order valence-electron chi connectivity index (χ0n) is 11.7. The molecule has 0 aliphatic carbocycles. The number of nitrogens with zero attached hydrogens (tertiary/aromatic N) is 2. The van der Waals surface area contributed by atoms with Crippen LogP contribution in [0, 0.1) is 5.82 Å². The number of rotatable bonds is 3. The molecule has 0 unspecified atom stereocenters. The Morgan fingerprint density at radius 2 is 2.10 bits per heavy atom. The second-order valence-electron chi connectivity index (χ2n) is 5.08. The molecule has 1 fully saturated rings. The summed E-state index contributed by atoms with van der Waals surface area (Å²) in [7, 11) is -0.934. The molecule has 21 heavy (non-hydrogen) atoms. The van der Waals surface area contributed by atoms with Crippen LogP contribution in [0.5, 0.6) is 0 Å². The second kappa shape index (κ2) is 5.90. The normalized spacial score (nSPS) is 19.7. The third kappa shape index (κ3) is 3.04. The number of hydrogen-bond donors (Lipinski definition) is 0. The van der Waals surface area contributed by atoms with Crippen molar-refractivity contribution in [1.29, 1.82) is 0 Å². The highest BCUT2D eigenvalue weighted by Crippen LogP contribution is 2.29. The lowest BCUT2D eigenvalue weighted by Gasteiger charge is -2.25. The average Bonchev–Trinajstić information content (AvgIpc) is 2.86. The molecular weight excluding hydrogens is 319 g/mol. The summed E-state index contributed by atoms with van der Waals surface area (Å²) in [4.78, 5) is 13.0. The van der Waals surface area contributed by atoms with Crippen molar-refractivity contribution in [1.82, 2.24) is 9.21 Å². The van der Waals surface area contributed by atoms with Gasteiger partial charge in [0.1, 0.15) is 16.8 Å². The number of amides is 1. The number of likely N-dealkylation sites (N-methyl/N-ethyl adjacent to an activating group) is 1. The highest BCUT2D eigenvalue weighted by molar-refractivity contribution is 7.89. The highest BCUT2D eigenvalue weighted by Gasteiger charge is 2.41. The van der Waals surface area contributed by atoms with Crippen LogP contribution < -0.4 is 0 Å². The fourth-order valence-electron chi connectivity index (χ4n) is 2.38. The van der Waals surface area contributed by atoms with E-state index in [9.17, 15) is 17.6 Å². The van der Waals surface area contributed by atoms with Gasteiger partial charge in [0.05, 0.1) is 0 Å². The molecule has 0 N–H and O–H groups in total. The van der Waals surface area contributed by atoms with E-state index in [4.69, 9.17) is 11.6 Å². The third-order valence-corrected chi connectivity index (χ3v) is 5.59. The summed E-state index contributed by atoms with van der Waals surface area (Å²) in [5.41, 5.74) is 0. The first kappa shape index (κ1) is 16.2. The molecular formula is C13H16ClFN2O3S. The lowest BCUT2D eigenvalue weighted by atomic mass is 10.2. The fourth-order valence-corrected chi connectivity index (χ4v) is 4.24. The van der Waals surface area contributed by atoms with Crippen molar-refractivity contribution in [2.24, 2.45) is 0 Å². The fraction of sp³-hybridized carbons (Fsp3) is 0.462. The maximum atomic E-state index is 13.9. The monoisotopic (exact) mass is 334 g/mol. The second-order valence-corrected chi connectivity index (χ2v) is 7.38. The van der Waals surface area contributed by atoms with Crippen molar-refractivity contribution in [3.63, 3.8) is 0 Å². The van der Waals surface area contributed by atoms with Crippen LogP contribution in [-0.2, 0) is 14.8 Å². The summed E-state index contributed by atoms with van der Waals surface area (Å²) in [5, 5.41) is 0.119. The minimum Gasteiger partial charge on any atom is -0.347 e. The first-order chi connectivity index (χ1) is 9.75. The predicted molar refractivity (Wildman–Crippen MR) is 77.0 cm³/mol. The molecule has 1 aliphatic rings. The molecule has 0 bridgehead atoms. The Bertz CT molecular complexity index is 663. The maximum absolute atomic E-state index is 13.9. The third-order valence-electron chi connectivity index (χ3n) is 3.41. The van der Waals surface area contributed by atoms with Crippen LogP contribution in [0.1, 0.15) is 12.8 Å². The molecule has 8 heteroatoms. The Kier molecular flexibility index (Phi) is 4.55. The Morgan fingerprint density at radius 1 is 1.43 bits per heavy atom. The van der Waals surface area contributed by atoms with E-state index in [1.54, 1.807) is 14.1 Å². The van der Waals surface area contributed by atoms with Gasteiger partial charge in [-0.15, -0.1) is 0 Å². The zero-order valence-corrected chi connectivity index (χ0v) is 13.3. The van der Waals surface area contributed by atoms with Crippen molar-refractivity contribution >= 4 is 27.5 Å². The molecule has 116 valence electrons. The van der Waals surface area contributed by atoms with Gasteiger partial charge < -0.3 is 4.90 Å². The molecule has 1 heterocycles. The average molecular weight is 335 g/mol. The smallest absolute Gasteiger partial charge is 0.246 e. The summed E-state index contributed by atoms with van der Waals surface area (Å²) >= 11 is 5.64. The van der Waals surface area contributed by atoms with E-state index in [2.05, 4.69) is 0 Å². The molecule has 1 amide bonds. The van der Waals surface area contributed by atoms with Gasteiger partial charge in [0.15, 0.2) is 0 Å². The van der Waals surface area contributed by atoms with E-state index in [-0.39, 0.29) is 17.5 Å². The van der Waals surface area contributed by atoms with E-state index in [0.717, 1.165) is 16.4 Å². The lowest BCUT2D eigenvalue weighted by molar-refractivity contribution is -0.132. The molecule has 1 saturated heterocycles. The Balaban J connectivity index is 2.41. The molecule has 0 aromatic heterocycles. The number of halogens is 2. The quantitative estimate of drug-likeness (QED) is 0.845. The van der Waals surface area contributed by atoms with Gasteiger partial charge in [-0.25, -0.2) is 12.8 Å². The van der Waals surface area contributed by atoms with Crippen LogP contribution >= 0.6 is 11.6 Å². The van der Waals surface area contributed by atoms with Crippen LogP contribution in [0.2, 0.25) is 5.02 Å². The SMILES string of the molecule is CN(C)C(=O)[C@H]1CCCN1S(=O)(=O)c1ccc(Cl)cc1F. The van der Waals surface area contributed by atoms with Crippen molar-refractivity contribution < 1.29 is 17.6 Å². The summed E-state index contributed by atoms with van der Waals surface area (Å²) in [6, 6.07) is 2.62. The van der Waals surface area contributed by atoms with E-state index in [1.165, 1.54) is 11.0 Å². The van der Waals surface area contributed by atoms with E-state index in [0.29, 0.717) is 12.8 Å².